The Kier molecular flexibility index (Phi) is 5.99. The second-order valence-corrected chi connectivity index (χ2v) is 7.97. The summed E-state index contributed by atoms with van der Waals surface area (Å²) in [7, 11) is 1.56. The van der Waals surface area contributed by atoms with Crippen LogP contribution >= 0.6 is 0 Å². The first kappa shape index (κ1) is 21.6. The summed E-state index contributed by atoms with van der Waals surface area (Å²) in [6.07, 6.45) is 4.10. The van der Waals surface area contributed by atoms with Gasteiger partial charge in [0.1, 0.15) is 17.1 Å². The summed E-state index contributed by atoms with van der Waals surface area (Å²) in [5, 5.41) is 9.98. The highest BCUT2D eigenvalue weighted by Gasteiger charge is 2.26. The summed E-state index contributed by atoms with van der Waals surface area (Å²) in [4.78, 5) is 25.6. The lowest BCUT2D eigenvalue weighted by Gasteiger charge is -2.29. The molecule has 1 fully saturated rings. The Hall–Kier alpha value is -3.61. The first-order valence-electron chi connectivity index (χ1n) is 10.4. The van der Waals surface area contributed by atoms with Crippen LogP contribution in [0.5, 0.6) is 5.75 Å². The van der Waals surface area contributed by atoms with Gasteiger partial charge in [0.2, 0.25) is 5.91 Å². The summed E-state index contributed by atoms with van der Waals surface area (Å²) in [6, 6.07) is 9.86. The van der Waals surface area contributed by atoms with Gasteiger partial charge in [-0.2, -0.15) is 0 Å². The Morgan fingerprint density at radius 2 is 1.88 bits per heavy atom. The van der Waals surface area contributed by atoms with Crippen LogP contribution in [0.15, 0.2) is 53.2 Å². The molecule has 1 aliphatic rings. The average Bonchev–Trinajstić information content (AvgIpc) is 3.21. The number of fused-ring (bicyclic) bond motifs is 1. The number of nitrogens with zero attached hydrogens (tertiary/aromatic N) is 1. The van der Waals surface area contributed by atoms with Crippen molar-refractivity contribution >= 4 is 28.4 Å². The molecule has 0 bridgehead atoms. The number of furan rings is 1. The minimum Gasteiger partial charge on any atom is -0.496 e. The van der Waals surface area contributed by atoms with Gasteiger partial charge < -0.3 is 19.2 Å². The van der Waals surface area contributed by atoms with Crippen molar-refractivity contribution in [3.8, 4) is 16.9 Å². The van der Waals surface area contributed by atoms with E-state index in [4.69, 9.17) is 14.3 Å². The molecule has 1 N–H and O–H groups in total. The van der Waals surface area contributed by atoms with Crippen LogP contribution in [-0.4, -0.2) is 42.1 Å². The van der Waals surface area contributed by atoms with Gasteiger partial charge in [0.15, 0.2) is 0 Å². The summed E-state index contributed by atoms with van der Waals surface area (Å²) in [5.41, 5.74) is 3.73. The van der Waals surface area contributed by atoms with Crippen molar-refractivity contribution in [3.05, 3.63) is 60.1 Å². The number of piperidine rings is 1. The standard InChI is InChI=1S/C25H24FNO5/c1-15(11-24(28)27-9-7-17(8-10-27)25(29)30)19-12-20-21(16-3-5-18(26)6-4-16)14-32-23(20)13-22(19)31-2/h3-6,11-14,17H,7-10H2,1-2H3,(H,29,30)/b15-11+. The fraction of sp³-hybridized carbons (Fsp3) is 0.280. The van der Waals surface area contributed by atoms with Crippen molar-refractivity contribution < 1.29 is 28.2 Å². The molecule has 2 aromatic carbocycles. The second kappa shape index (κ2) is 8.86. The summed E-state index contributed by atoms with van der Waals surface area (Å²) in [6.45, 7) is 2.68. The number of hydrogen-bond acceptors (Lipinski definition) is 4. The first-order valence-corrected chi connectivity index (χ1v) is 10.4. The molecule has 6 nitrogen and oxygen atoms in total. The highest BCUT2D eigenvalue weighted by molar-refractivity contribution is 6.00. The zero-order valence-corrected chi connectivity index (χ0v) is 17.9. The fourth-order valence-corrected chi connectivity index (χ4v) is 4.09. The van der Waals surface area contributed by atoms with Gasteiger partial charge in [-0.1, -0.05) is 12.1 Å². The molecule has 166 valence electrons. The van der Waals surface area contributed by atoms with Crippen LogP contribution in [0.25, 0.3) is 27.7 Å². The predicted molar refractivity (Wildman–Crippen MR) is 119 cm³/mol. The van der Waals surface area contributed by atoms with E-state index in [0.29, 0.717) is 37.3 Å². The van der Waals surface area contributed by atoms with Crippen molar-refractivity contribution in [2.45, 2.75) is 19.8 Å². The lowest BCUT2D eigenvalue weighted by atomic mass is 9.96. The molecule has 0 unspecified atom stereocenters. The summed E-state index contributed by atoms with van der Waals surface area (Å²) in [5.74, 6) is -1.09. The molecule has 0 aliphatic carbocycles. The Morgan fingerprint density at radius 1 is 1.19 bits per heavy atom. The van der Waals surface area contributed by atoms with Crippen molar-refractivity contribution in [1.82, 2.24) is 4.90 Å². The largest absolute Gasteiger partial charge is 0.496 e. The van der Waals surface area contributed by atoms with Crippen molar-refractivity contribution in [2.24, 2.45) is 5.92 Å². The summed E-state index contributed by atoms with van der Waals surface area (Å²) < 4.78 is 24.6. The molecule has 4 rings (SSSR count). The molecule has 0 radical (unpaired) electrons. The number of amides is 1. The quantitative estimate of drug-likeness (QED) is 0.570. The third kappa shape index (κ3) is 4.23. The zero-order chi connectivity index (χ0) is 22.8. The predicted octanol–water partition coefficient (Wildman–Crippen LogP) is 4.97. The Bertz CT molecular complexity index is 1190. The van der Waals surface area contributed by atoms with E-state index in [9.17, 15) is 14.0 Å². The van der Waals surface area contributed by atoms with Crippen LogP contribution in [-0.2, 0) is 9.59 Å². The third-order valence-corrected chi connectivity index (χ3v) is 5.97. The third-order valence-electron chi connectivity index (χ3n) is 5.97. The Labute approximate surface area is 184 Å². The van der Waals surface area contributed by atoms with E-state index in [2.05, 4.69) is 0 Å². The van der Waals surface area contributed by atoms with Gasteiger partial charge in [0.05, 0.1) is 19.3 Å². The monoisotopic (exact) mass is 437 g/mol. The fourth-order valence-electron chi connectivity index (χ4n) is 4.09. The number of carboxylic acid groups (broad SMARTS) is 1. The smallest absolute Gasteiger partial charge is 0.306 e. The number of carboxylic acids is 1. The zero-order valence-electron chi connectivity index (χ0n) is 17.9. The average molecular weight is 437 g/mol. The minimum absolute atomic E-state index is 0.153. The Morgan fingerprint density at radius 3 is 2.50 bits per heavy atom. The number of likely N-dealkylation sites (tertiary alicyclic amines) is 1. The molecule has 3 aromatic rings. The molecule has 0 spiro atoms. The number of carbonyl (C=O) groups excluding carboxylic acids is 1. The van der Waals surface area contributed by atoms with E-state index < -0.39 is 11.9 Å². The number of rotatable bonds is 5. The van der Waals surface area contributed by atoms with Gasteiger partial charge in [-0.25, -0.2) is 4.39 Å². The van der Waals surface area contributed by atoms with Gasteiger partial charge >= 0.3 is 5.97 Å². The maximum absolute atomic E-state index is 13.3. The van der Waals surface area contributed by atoms with Crippen LogP contribution in [0, 0.1) is 11.7 Å². The van der Waals surface area contributed by atoms with Crippen molar-refractivity contribution in [1.29, 1.82) is 0 Å². The van der Waals surface area contributed by atoms with Gasteiger partial charge in [-0.15, -0.1) is 0 Å². The van der Waals surface area contributed by atoms with E-state index in [1.807, 2.05) is 13.0 Å². The number of ether oxygens (including phenoxy) is 1. The highest BCUT2D eigenvalue weighted by atomic mass is 19.1. The number of methoxy groups -OCH3 is 1. The van der Waals surface area contributed by atoms with Gasteiger partial charge in [-0.3, -0.25) is 9.59 Å². The van der Waals surface area contributed by atoms with Gasteiger partial charge in [0, 0.05) is 41.7 Å². The molecular formula is C25H24FNO5. The molecule has 0 saturated carbocycles. The normalized spacial score (nSPS) is 15.2. The van der Waals surface area contributed by atoms with Crippen molar-refractivity contribution in [2.75, 3.05) is 20.2 Å². The molecule has 2 heterocycles. The molecule has 0 atom stereocenters. The van der Waals surface area contributed by atoms with Crippen LogP contribution in [0.3, 0.4) is 0 Å². The number of carbonyl (C=O) groups is 2. The molecule has 1 saturated heterocycles. The van der Waals surface area contributed by atoms with Crippen LogP contribution in [0.1, 0.15) is 25.3 Å². The lowest BCUT2D eigenvalue weighted by Crippen LogP contribution is -2.39. The van der Waals surface area contributed by atoms with E-state index >= 15 is 0 Å². The van der Waals surface area contributed by atoms with Crippen LogP contribution in [0.4, 0.5) is 4.39 Å². The molecule has 1 aromatic heterocycles. The van der Waals surface area contributed by atoms with E-state index in [-0.39, 0.29) is 11.7 Å². The second-order valence-electron chi connectivity index (χ2n) is 7.97. The minimum atomic E-state index is -0.807. The molecule has 1 aliphatic heterocycles. The highest BCUT2D eigenvalue weighted by Crippen LogP contribution is 2.37. The summed E-state index contributed by atoms with van der Waals surface area (Å²) >= 11 is 0. The van der Waals surface area contributed by atoms with E-state index in [1.54, 1.807) is 42.5 Å². The number of aliphatic carboxylic acids is 1. The van der Waals surface area contributed by atoms with Gasteiger partial charge in [-0.05, 0) is 49.1 Å². The number of allylic oxidation sites excluding steroid dienone is 1. The molecular weight excluding hydrogens is 413 g/mol. The number of halogens is 1. The van der Waals surface area contributed by atoms with Gasteiger partial charge in [0.25, 0.3) is 0 Å². The number of benzene rings is 2. The molecule has 1 amide bonds. The van der Waals surface area contributed by atoms with Crippen LogP contribution in [0.2, 0.25) is 0 Å². The molecule has 32 heavy (non-hydrogen) atoms. The Balaban J connectivity index is 1.65. The SMILES string of the molecule is COc1cc2occ(-c3ccc(F)cc3)c2cc1/C(C)=C/C(=O)N1CCC(C(=O)O)CC1. The maximum Gasteiger partial charge on any atom is 0.306 e. The first-order chi connectivity index (χ1) is 15.4. The van der Waals surface area contributed by atoms with Crippen LogP contribution < -0.4 is 4.74 Å². The lowest BCUT2D eigenvalue weighted by molar-refractivity contribution is -0.144. The van der Waals surface area contributed by atoms with Crippen molar-refractivity contribution in [3.63, 3.8) is 0 Å². The van der Waals surface area contributed by atoms with E-state index in [0.717, 1.165) is 27.6 Å². The molecule has 7 heteroatoms. The number of hydrogen-bond donors (Lipinski definition) is 1. The topological polar surface area (TPSA) is 80.0 Å². The van der Waals surface area contributed by atoms with E-state index in [1.165, 1.54) is 12.1 Å². The maximum atomic E-state index is 13.3.